The summed E-state index contributed by atoms with van der Waals surface area (Å²) < 4.78 is 0. The lowest BCUT2D eigenvalue weighted by Gasteiger charge is -2.30. The van der Waals surface area contributed by atoms with Gasteiger partial charge in [0, 0.05) is 31.6 Å². The standard InChI is InChI=1S/C21H32N2O2/c1-16(2)18-10-12-19(13-11-18)22-21(25)14-15-23(17(3)24)20-8-6-4-5-7-9-20/h10-13,16,20H,4-9,14-15H2,1-3H3,(H,22,25). The van der Waals surface area contributed by atoms with Crippen LogP contribution in [0.5, 0.6) is 0 Å². The van der Waals surface area contributed by atoms with Crippen molar-refractivity contribution in [3.05, 3.63) is 29.8 Å². The molecule has 2 rings (SSSR count). The summed E-state index contributed by atoms with van der Waals surface area (Å²) in [6.45, 7) is 6.43. The fourth-order valence-corrected chi connectivity index (χ4v) is 3.56. The molecule has 138 valence electrons. The quantitative estimate of drug-likeness (QED) is 0.760. The number of anilines is 1. The van der Waals surface area contributed by atoms with Gasteiger partial charge in [0.2, 0.25) is 11.8 Å². The Bertz CT molecular complexity index is 558. The first-order chi connectivity index (χ1) is 12.0. The third kappa shape index (κ3) is 6.18. The van der Waals surface area contributed by atoms with E-state index in [0.717, 1.165) is 18.5 Å². The molecule has 0 heterocycles. The van der Waals surface area contributed by atoms with E-state index in [-0.39, 0.29) is 11.8 Å². The Hall–Kier alpha value is -1.84. The largest absolute Gasteiger partial charge is 0.339 e. The summed E-state index contributed by atoms with van der Waals surface area (Å²) >= 11 is 0. The van der Waals surface area contributed by atoms with Crippen molar-refractivity contribution in [3.63, 3.8) is 0 Å². The second-order valence-corrected chi connectivity index (χ2v) is 7.43. The van der Waals surface area contributed by atoms with E-state index >= 15 is 0 Å². The number of hydrogen-bond acceptors (Lipinski definition) is 2. The first kappa shape index (κ1) is 19.5. The maximum Gasteiger partial charge on any atom is 0.226 e. The minimum Gasteiger partial charge on any atom is -0.339 e. The first-order valence-corrected chi connectivity index (χ1v) is 9.64. The molecule has 1 fully saturated rings. The number of benzene rings is 1. The van der Waals surface area contributed by atoms with E-state index in [1.165, 1.54) is 31.2 Å². The zero-order valence-electron chi connectivity index (χ0n) is 15.9. The summed E-state index contributed by atoms with van der Waals surface area (Å²) in [5.41, 5.74) is 2.08. The van der Waals surface area contributed by atoms with Crippen molar-refractivity contribution in [2.45, 2.75) is 77.7 Å². The molecule has 0 bridgehead atoms. The predicted octanol–water partition coefficient (Wildman–Crippen LogP) is 4.71. The fraction of sp³-hybridized carbons (Fsp3) is 0.619. The van der Waals surface area contributed by atoms with Gasteiger partial charge < -0.3 is 10.2 Å². The molecule has 1 aliphatic carbocycles. The van der Waals surface area contributed by atoms with Crippen LogP contribution in [0.15, 0.2) is 24.3 Å². The molecule has 1 aliphatic rings. The van der Waals surface area contributed by atoms with Gasteiger partial charge in [-0.15, -0.1) is 0 Å². The van der Waals surface area contributed by atoms with Gasteiger partial charge in [0.25, 0.3) is 0 Å². The summed E-state index contributed by atoms with van der Waals surface area (Å²) in [4.78, 5) is 26.2. The van der Waals surface area contributed by atoms with Gasteiger partial charge in [-0.05, 0) is 36.5 Å². The molecule has 0 aromatic heterocycles. The van der Waals surface area contributed by atoms with E-state index in [9.17, 15) is 9.59 Å². The number of rotatable bonds is 6. The number of carbonyl (C=O) groups is 2. The van der Waals surface area contributed by atoms with Crippen molar-refractivity contribution in [2.24, 2.45) is 0 Å². The second-order valence-electron chi connectivity index (χ2n) is 7.43. The lowest BCUT2D eigenvalue weighted by molar-refractivity contribution is -0.131. The Labute approximate surface area is 152 Å². The van der Waals surface area contributed by atoms with E-state index < -0.39 is 0 Å². The topological polar surface area (TPSA) is 49.4 Å². The van der Waals surface area contributed by atoms with Crippen molar-refractivity contribution in [2.75, 3.05) is 11.9 Å². The van der Waals surface area contributed by atoms with Crippen molar-refractivity contribution in [1.82, 2.24) is 4.90 Å². The highest BCUT2D eigenvalue weighted by molar-refractivity contribution is 5.91. The van der Waals surface area contributed by atoms with Gasteiger partial charge in [0.05, 0.1) is 0 Å². The lowest BCUT2D eigenvalue weighted by atomic mass is 10.0. The van der Waals surface area contributed by atoms with Crippen LogP contribution in [0.1, 0.15) is 77.2 Å². The first-order valence-electron chi connectivity index (χ1n) is 9.64. The molecule has 4 nitrogen and oxygen atoms in total. The molecule has 4 heteroatoms. The van der Waals surface area contributed by atoms with Crippen molar-refractivity contribution in [1.29, 1.82) is 0 Å². The summed E-state index contributed by atoms with van der Waals surface area (Å²) in [5, 5.41) is 2.94. The highest BCUT2D eigenvalue weighted by Gasteiger charge is 2.22. The Balaban J connectivity index is 1.86. The normalized spacial score (nSPS) is 15.7. The maximum atomic E-state index is 12.3. The lowest BCUT2D eigenvalue weighted by Crippen LogP contribution is -2.40. The maximum absolute atomic E-state index is 12.3. The molecule has 1 N–H and O–H groups in total. The van der Waals surface area contributed by atoms with Crippen LogP contribution in [0.3, 0.4) is 0 Å². The average Bonchev–Trinajstić information content (AvgIpc) is 2.84. The molecule has 0 saturated heterocycles. The molecule has 2 amide bonds. The minimum atomic E-state index is -0.0304. The fourth-order valence-electron chi connectivity index (χ4n) is 3.56. The van der Waals surface area contributed by atoms with E-state index in [1.54, 1.807) is 6.92 Å². The summed E-state index contributed by atoms with van der Waals surface area (Å²) in [6.07, 6.45) is 7.37. The number of nitrogens with one attached hydrogen (secondary N) is 1. The summed E-state index contributed by atoms with van der Waals surface area (Å²) in [5.74, 6) is 0.534. The molecule has 1 aromatic carbocycles. The SMILES string of the molecule is CC(=O)N(CCC(=O)Nc1ccc(C(C)C)cc1)C1CCCCCC1. The van der Waals surface area contributed by atoms with Crippen LogP contribution in [-0.2, 0) is 9.59 Å². The molecular formula is C21H32N2O2. The molecular weight excluding hydrogens is 312 g/mol. The molecule has 0 unspecified atom stereocenters. The monoisotopic (exact) mass is 344 g/mol. The van der Waals surface area contributed by atoms with Gasteiger partial charge in [0.1, 0.15) is 0 Å². The Kier molecular flexibility index (Phi) is 7.48. The zero-order valence-corrected chi connectivity index (χ0v) is 15.9. The van der Waals surface area contributed by atoms with Crippen LogP contribution < -0.4 is 5.32 Å². The van der Waals surface area contributed by atoms with Gasteiger partial charge in [-0.2, -0.15) is 0 Å². The molecule has 0 aliphatic heterocycles. The second kappa shape index (κ2) is 9.59. The van der Waals surface area contributed by atoms with Crippen molar-refractivity contribution in [3.8, 4) is 0 Å². The van der Waals surface area contributed by atoms with Crippen LogP contribution in [0.2, 0.25) is 0 Å². The van der Waals surface area contributed by atoms with E-state index in [4.69, 9.17) is 0 Å². The average molecular weight is 344 g/mol. The predicted molar refractivity (Wildman–Crippen MR) is 103 cm³/mol. The molecule has 0 radical (unpaired) electrons. The van der Waals surface area contributed by atoms with Gasteiger partial charge in [-0.1, -0.05) is 51.7 Å². The van der Waals surface area contributed by atoms with Crippen molar-refractivity contribution >= 4 is 17.5 Å². The van der Waals surface area contributed by atoms with Crippen LogP contribution in [0.4, 0.5) is 5.69 Å². The Morgan fingerprint density at radius 2 is 1.68 bits per heavy atom. The molecule has 1 saturated carbocycles. The summed E-state index contributed by atoms with van der Waals surface area (Å²) in [6, 6.07) is 8.29. The van der Waals surface area contributed by atoms with Crippen LogP contribution in [-0.4, -0.2) is 29.3 Å². The highest BCUT2D eigenvalue weighted by atomic mass is 16.2. The number of amides is 2. The number of nitrogens with zero attached hydrogens (tertiary/aromatic N) is 1. The van der Waals surface area contributed by atoms with E-state index in [2.05, 4.69) is 19.2 Å². The van der Waals surface area contributed by atoms with E-state index in [1.807, 2.05) is 29.2 Å². The number of hydrogen-bond donors (Lipinski definition) is 1. The Morgan fingerprint density at radius 3 is 2.20 bits per heavy atom. The summed E-state index contributed by atoms with van der Waals surface area (Å²) in [7, 11) is 0. The van der Waals surface area contributed by atoms with Gasteiger partial charge in [0.15, 0.2) is 0 Å². The van der Waals surface area contributed by atoms with Crippen LogP contribution >= 0.6 is 0 Å². The smallest absolute Gasteiger partial charge is 0.226 e. The minimum absolute atomic E-state index is 0.0304. The van der Waals surface area contributed by atoms with Crippen LogP contribution in [0, 0.1) is 0 Å². The van der Waals surface area contributed by atoms with Gasteiger partial charge >= 0.3 is 0 Å². The Morgan fingerprint density at radius 1 is 1.08 bits per heavy atom. The van der Waals surface area contributed by atoms with E-state index in [0.29, 0.717) is 24.9 Å². The third-order valence-electron chi connectivity index (χ3n) is 5.11. The van der Waals surface area contributed by atoms with Gasteiger partial charge in [-0.3, -0.25) is 9.59 Å². The molecule has 0 atom stereocenters. The zero-order chi connectivity index (χ0) is 18.2. The third-order valence-corrected chi connectivity index (χ3v) is 5.11. The number of carbonyl (C=O) groups excluding carboxylic acids is 2. The molecule has 0 spiro atoms. The van der Waals surface area contributed by atoms with Gasteiger partial charge in [-0.25, -0.2) is 0 Å². The van der Waals surface area contributed by atoms with Crippen LogP contribution in [0.25, 0.3) is 0 Å². The molecule has 25 heavy (non-hydrogen) atoms. The molecule has 1 aromatic rings. The van der Waals surface area contributed by atoms with Crippen molar-refractivity contribution < 1.29 is 9.59 Å². The highest BCUT2D eigenvalue weighted by Crippen LogP contribution is 2.22.